The predicted molar refractivity (Wildman–Crippen MR) is 110 cm³/mol. The van der Waals surface area contributed by atoms with Crippen molar-refractivity contribution in [3.05, 3.63) is 53.9 Å². The number of ether oxygens (including phenoxy) is 1. The second-order valence-corrected chi connectivity index (χ2v) is 8.97. The minimum Gasteiger partial charge on any atom is -0.488 e. The zero-order valence-electron chi connectivity index (χ0n) is 16.8. The number of sulfonamides is 1. The lowest BCUT2D eigenvalue weighted by Gasteiger charge is -2.28. The molecule has 0 spiro atoms. The first-order chi connectivity index (χ1) is 14.0. The van der Waals surface area contributed by atoms with Gasteiger partial charge in [0.15, 0.2) is 11.4 Å². The Morgan fingerprint density at radius 2 is 2.23 bits per heavy atom. The molecule has 2 atom stereocenters. The number of hydrogen-bond donors (Lipinski definition) is 3. The molecule has 1 aliphatic rings. The van der Waals surface area contributed by atoms with Crippen LogP contribution >= 0.6 is 0 Å². The molecule has 3 N–H and O–H groups in total. The number of aliphatic hydroxyl groups is 1. The first kappa shape index (κ1) is 21.6. The number of fused-ring (bicyclic) bond motifs is 1. The Morgan fingerprint density at radius 1 is 1.53 bits per heavy atom. The van der Waals surface area contributed by atoms with E-state index >= 15 is 0 Å². The number of amides is 1. The zero-order chi connectivity index (χ0) is 22.3. The lowest BCUT2D eigenvalue weighted by Crippen LogP contribution is -2.51. The number of nitrogens with one attached hydrogen (secondary N) is 2. The fraction of sp³-hybridized carbons (Fsp3) is 0.300. The highest BCUT2D eigenvalue weighted by Crippen LogP contribution is 2.34. The molecule has 1 amide bonds. The van der Waals surface area contributed by atoms with E-state index in [0.717, 1.165) is 5.56 Å². The van der Waals surface area contributed by atoms with E-state index in [1.54, 1.807) is 19.1 Å². The molecular formula is C20H22N4O5S. The summed E-state index contributed by atoms with van der Waals surface area (Å²) in [6, 6.07) is 5.93. The molecule has 2 aromatic rings. The van der Waals surface area contributed by atoms with Crippen LogP contribution in [0.4, 0.5) is 5.69 Å². The average molecular weight is 430 g/mol. The summed E-state index contributed by atoms with van der Waals surface area (Å²) in [5, 5.41) is 22.2. The average Bonchev–Trinajstić information content (AvgIpc) is 2.97. The van der Waals surface area contributed by atoms with Gasteiger partial charge in [-0.25, -0.2) is 13.1 Å². The summed E-state index contributed by atoms with van der Waals surface area (Å²) >= 11 is 0. The molecule has 0 bridgehead atoms. The van der Waals surface area contributed by atoms with Gasteiger partial charge in [-0.3, -0.25) is 4.79 Å². The molecule has 1 aliphatic heterocycles. The number of aromatic nitrogens is 1. The van der Waals surface area contributed by atoms with Crippen molar-refractivity contribution in [2.45, 2.75) is 30.4 Å². The van der Waals surface area contributed by atoms with Gasteiger partial charge in [-0.15, -0.1) is 6.58 Å². The van der Waals surface area contributed by atoms with E-state index in [9.17, 15) is 23.6 Å². The minimum atomic E-state index is -4.07. The molecule has 0 fully saturated rings. The first-order valence-corrected chi connectivity index (χ1v) is 10.5. The SMILES string of the molecule is C=C[C@@](C)(O)[C@H]1COc2c(cn(C)c2C(=O)Nc2ccc(C)c(C#N)c2)S(=O)(=O)N1. The molecular weight excluding hydrogens is 408 g/mol. The third kappa shape index (κ3) is 3.82. The van der Waals surface area contributed by atoms with Gasteiger partial charge < -0.3 is 19.7 Å². The molecule has 0 aliphatic carbocycles. The number of nitriles is 1. The van der Waals surface area contributed by atoms with Crippen molar-refractivity contribution in [2.24, 2.45) is 7.05 Å². The van der Waals surface area contributed by atoms with Crippen LogP contribution in [0, 0.1) is 18.3 Å². The molecule has 158 valence electrons. The highest BCUT2D eigenvalue weighted by Gasteiger charge is 2.40. The highest BCUT2D eigenvalue weighted by molar-refractivity contribution is 7.89. The molecule has 0 unspecified atom stereocenters. The third-order valence-electron chi connectivity index (χ3n) is 5.03. The predicted octanol–water partition coefficient (Wildman–Crippen LogP) is 1.43. The number of carbonyl (C=O) groups is 1. The second-order valence-electron chi connectivity index (χ2n) is 7.29. The molecule has 0 saturated carbocycles. The maximum absolute atomic E-state index is 12.9. The number of hydrogen-bond acceptors (Lipinski definition) is 6. The molecule has 1 aromatic heterocycles. The van der Waals surface area contributed by atoms with E-state index in [1.807, 2.05) is 6.07 Å². The standard InChI is InChI=1S/C20H22N4O5S/c1-5-20(3,26)16-11-29-18-15(30(27,28)23-16)10-24(4)17(18)19(25)22-14-7-6-12(2)13(8-14)9-21/h5-8,10,16,23,26H,1,11H2,2-4H3,(H,22,25)/t16-,20-/m1/s1. The largest absolute Gasteiger partial charge is 0.488 e. The van der Waals surface area contributed by atoms with Crippen LogP contribution in [0.2, 0.25) is 0 Å². The normalized spacial score (nSPS) is 19.4. The smallest absolute Gasteiger partial charge is 0.276 e. The van der Waals surface area contributed by atoms with Crippen molar-refractivity contribution in [3.8, 4) is 11.8 Å². The van der Waals surface area contributed by atoms with Gasteiger partial charge in [-0.05, 0) is 31.5 Å². The maximum Gasteiger partial charge on any atom is 0.276 e. The van der Waals surface area contributed by atoms with E-state index in [1.165, 1.54) is 36.9 Å². The number of aryl methyl sites for hydroxylation is 2. The Labute approximate surface area is 174 Å². The summed E-state index contributed by atoms with van der Waals surface area (Å²) < 4.78 is 35.1. The molecule has 3 rings (SSSR count). The van der Waals surface area contributed by atoms with Crippen LogP contribution in [0.3, 0.4) is 0 Å². The molecule has 10 heteroatoms. The van der Waals surface area contributed by atoms with Crippen LogP contribution in [0.1, 0.15) is 28.5 Å². The summed E-state index contributed by atoms with van der Waals surface area (Å²) in [5.74, 6) is -0.715. The summed E-state index contributed by atoms with van der Waals surface area (Å²) in [5.41, 5.74) is 0.00382. The van der Waals surface area contributed by atoms with Crippen LogP contribution in [-0.4, -0.2) is 42.2 Å². The number of rotatable bonds is 4. The van der Waals surface area contributed by atoms with E-state index in [0.29, 0.717) is 11.3 Å². The summed E-state index contributed by atoms with van der Waals surface area (Å²) in [7, 11) is -2.55. The lowest BCUT2D eigenvalue weighted by molar-refractivity contribution is 0.0555. The van der Waals surface area contributed by atoms with Crippen LogP contribution in [-0.2, 0) is 17.1 Å². The number of anilines is 1. The van der Waals surface area contributed by atoms with Crippen LogP contribution in [0.25, 0.3) is 0 Å². The molecule has 30 heavy (non-hydrogen) atoms. The van der Waals surface area contributed by atoms with Gasteiger partial charge in [-0.2, -0.15) is 5.26 Å². The van der Waals surface area contributed by atoms with Gasteiger partial charge in [0.05, 0.1) is 23.3 Å². The Balaban J connectivity index is 1.99. The third-order valence-corrected chi connectivity index (χ3v) is 6.50. The van der Waals surface area contributed by atoms with Gasteiger partial charge in [0.25, 0.3) is 5.91 Å². The lowest BCUT2D eigenvalue weighted by atomic mass is 9.98. The van der Waals surface area contributed by atoms with E-state index in [-0.39, 0.29) is 22.9 Å². The number of carbonyl (C=O) groups excluding carboxylic acids is 1. The Bertz CT molecular complexity index is 1170. The Kier molecular flexibility index (Phi) is 5.47. The number of nitrogens with zero attached hydrogens (tertiary/aromatic N) is 2. The van der Waals surface area contributed by atoms with Crippen molar-refractivity contribution in [3.63, 3.8) is 0 Å². The highest BCUT2D eigenvalue weighted by atomic mass is 32.2. The van der Waals surface area contributed by atoms with E-state index in [2.05, 4.69) is 16.6 Å². The quantitative estimate of drug-likeness (QED) is 0.629. The van der Waals surface area contributed by atoms with Gasteiger partial charge in [0, 0.05) is 18.9 Å². The molecule has 1 aromatic carbocycles. The van der Waals surface area contributed by atoms with Gasteiger partial charge in [-0.1, -0.05) is 12.1 Å². The first-order valence-electron chi connectivity index (χ1n) is 9.02. The summed E-state index contributed by atoms with van der Waals surface area (Å²) in [6.07, 6.45) is 2.49. The van der Waals surface area contributed by atoms with E-state index < -0.39 is 27.6 Å². The molecule has 9 nitrogen and oxygen atoms in total. The van der Waals surface area contributed by atoms with Crippen LogP contribution < -0.4 is 14.8 Å². The summed E-state index contributed by atoms with van der Waals surface area (Å²) in [6.45, 7) is 6.49. The monoisotopic (exact) mass is 430 g/mol. The van der Waals surface area contributed by atoms with Crippen molar-refractivity contribution < 1.29 is 23.1 Å². The van der Waals surface area contributed by atoms with E-state index in [4.69, 9.17) is 4.74 Å². The molecule has 2 heterocycles. The van der Waals surface area contributed by atoms with Crippen molar-refractivity contribution in [2.75, 3.05) is 11.9 Å². The minimum absolute atomic E-state index is 0.00615. The second kappa shape index (κ2) is 7.60. The fourth-order valence-corrected chi connectivity index (χ4v) is 4.57. The molecule has 0 radical (unpaired) electrons. The van der Waals surface area contributed by atoms with Crippen molar-refractivity contribution in [1.82, 2.24) is 9.29 Å². The van der Waals surface area contributed by atoms with Crippen molar-refractivity contribution >= 4 is 21.6 Å². The Hall–Kier alpha value is -3.13. The maximum atomic E-state index is 12.9. The van der Waals surface area contributed by atoms with Crippen molar-refractivity contribution in [1.29, 1.82) is 5.26 Å². The number of benzene rings is 1. The topological polar surface area (TPSA) is 133 Å². The van der Waals surface area contributed by atoms with Gasteiger partial charge in [0.1, 0.15) is 11.5 Å². The summed E-state index contributed by atoms with van der Waals surface area (Å²) in [4.78, 5) is 12.7. The Morgan fingerprint density at radius 3 is 2.87 bits per heavy atom. The van der Waals surface area contributed by atoms with Crippen LogP contribution in [0.15, 0.2) is 41.9 Å². The fourth-order valence-electron chi connectivity index (χ4n) is 3.06. The zero-order valence-corrected chi connectivity index (χ0v) is 17.6. The van der Waals surface area contributed by atoms with Crippen LogP contribution in [0.5, 0.6) is 5.75 Å². The van der Waals surface area contributed by atoms with Gasteiger partial charge >= 0.3 is 0 Å². The van der Waals surface area contributed by atoms with Gasteiger partial charge in [0.2, 0.25) is 10.0 Å². The molecule has 0 saturated heterocycles.